The van der Waals surface area contributed by atoms with Gasteiger partial charge in [-0.15, -0.1) is 0 Å². The summed E-state index contributed by atoms with van der Waals surface area (Å²) >= 11 is 6.03. The molecule has 3 nitrogen and oxygen atoms in total. The van der Waals surface area contributed by atoms with E-state index in [9.17, 15) is 4.79 Å². The minimum atomic E-state index is -0.565. The normalized spacial score (nSPS) is 12.8. The summed E-state index contributed by atoms with van der Waals surface area (Å²) in [6.45, 7) is 11.1. The summed E-state index contributed by atoms with van der Waals surface area (Å²) in [5.74, 6) is 1.95. The molecule has 0 spiro atoms. The third-order valence-electron chi connectivity index (χ3n) is 3.73. The van der Waals surface area contributed by atoms with Crippen molar-refractivity contribution in [2.24, 2.45) is 17.8 Å². The summed E-state index contributed by atoms with van der Waals surface area (Å²) in [5, 5.41) is 3.49. The van der Waals surface area contributed by atoms with Gasteiger partial charge < -0.3 is 10.1 Å². The van der Waals surface area contributed by atoms with Gasteiger partial charge in [0.1, 0.15) is 5.75 Å². The number of para-hydroxylation sites is 1. The molecule has 0 radical (unpaired) electrons. The summed E-state index contributed by atoms with van der Waals surface area (Å²) in [6, 6.07) is 7.17. The topological polar surface area (TPSA) is 38.3 Å². The molecule has 21 heavy (non-hydrogen) atoms. The Balaban J connectivity index is 2.53. The van der Waals surface area contributed by atoms with Gasteiger partial charge in [0.25, 0.3) is 5.91 Å². The molecule has 0 heterocycles. The largest absolute Gasteiger partial charge is 0.479 e. The van der Waals surface area contributed by atoms with E-state index in [0.717, 1.165) is 0 Å². The van der Waals surface area contributed by atoms with Crippen LogP contribution in [0.3, 0.4) is 0 Å². The van der Waals surface area contributed by atoms with E-state index < -0.39 is 6.10 Å². The quantitative estimate of drug-likeness (QED) is 0.821. The van der Waals surface area contributed by atoms with E-state index in [2.05, 4.69) is 33.0 Å². The van der Waals surface area contributed by atoms with Crippen molar-refractivity contribution >= 4 is 17.5 Å². The monoisotopic (exact) mass is 311 g/mol. The Kier molecular flexibility index (Phi) is 7.03. The third kappa shape index (κ3) is 5.58. The molecule has 1 aromatic rings. The van der Waals surface area contributed by atoms with Gasteiger partial charge in [-0.1, -0.05) is 51.4 Å². The van der Waals surface area contributed by atoms with Gasteiger partial charge in [0.2, 0.25) is 0 Å². The Morgan fingerprint density at radius 2 is 1.71 bits per heavy atom. The highest BCUT2D eigenvalue weighted by molar-refractivity contribution is 6.32. The summed E-state index contributed by atoms with van der Waals surface area (Å²) in [7, 11) is 0. The van der Waals surface area contributed by atoms with Crippen LogP contribution in [-0.2, 0) is 4.79 Å². The Labute approximate surface area is 133 Å². The van der Waals surface area contributed by atoms with Crippen molar-refractivity contribution in [1.82, 2.24) is 5.32 Å². The lowest BCUT2D eigenvalue weighted by Gasteiger charge is -2.26. The molecular weight excluding hydrogens is 286 g/mol. The molecule has 0 saturated heterocycles. The Morgan fingerprint density at radius 1 is 1.14 bits per heavy atom. The highest BCUT2D eigenvalue weighted by Crippen LogP contribution is 2.24. The van der Waals surface area contributed by atoms with Crippen LogP contribution in [0, 0.1) is 17.8 Å². The zero-order valence-electron chi connectivity index (χ0n) is 13.5. The second-order valence-electron chi connectivity index (χ2n) is 6.09. The maximum absolute atomic E-state index is 12.1. The second-order valence-corrected chi connectivity index (χ2v) is 6.49. The highest BCUT2D eigenvalue weighted by Gasteiger charge is 2.21. The molecule has 118 valence electrons. The molecule has 0 aliphatic rings. The van der Waals surface area contributed by atoms with E-state index >= 15 is 0 Å². The Hall–Kier alpha value is -1.22. The molecule has 1 N–H and O–H groups in total. The van der Waals surface area contributed by atoms with Crippen LogP contribution in [0.1, 0.15) is 34.6 Å². The SMILES string of the molecule is CC(Oc1ccccc1Cl)C(=O)NCC(C(C)C)C(C)C. The van der Waals surface area contributed by atoms with Crippen molar-refractivity contribution in [2.75, 3.05) is 6.54 Å². The van der Waals surface area contributed by atoms with E-state index in [0.29, 0.717) is 35.1 Å². The molecule has 4 heteroatoms. The molecule has 0 aliphatic heterocycles. The molecule has 0 fully saturated rings. The van der Waals surface area contributed by atoms with Crippen LogP contribution in [0.25, 0.3) is 0 Å². The lowest BCUT2D eigenvalue weighted by atomic mass is 9.85. The van der Waals surface area contributed by atoms with E-state index in [-0.39, 0.29) is 5.91 Å². The fourth-order valence-electron chi connectivity index (χ4n) is 2.39. The zero-order valence-corrected chi connectivity index (χ0v) is 14.3. The van der Waals surface area contributed by atoms with Crippen LogP contribution in [0.2, 0.25) is 5.02 Å². The molecule has 1 atom stereocenters. The third-order valence-corrected chi connectivity index (χ3v) is 4.05. The van der Waals surface area contributed by atoms with Crippen molar-refractivity contribution in [2.45, 2.75) is 40.7 Å². The van der Waals surface area contributed by atoms with Crippen LogP contribution >= 0.6 is 11.6 Å². The van der Waals surface area contributed by atoms with Crippen LogP contribution in [0.5, 0.6) is 5.75 Å². The van der Waals surface area contributed by atoms with Gasteiger partial charge >= 0.3 is 0 Å². The van der Waals surface area contributed by atoms with Crippen LogP contribution < -0.4 is 10.1 Å². The molecule has 0 saturated carbocycles. The number of carbonyl (C=O) groups excluding carboxylic acids is 1. The average Bonchev–Trinajstić information content (AvgIpc) is 2.40. The van der Waals surface area contributed by atoms with E-state index in [1.165, 1.54) is 0 Å². The zero-order chi connectivity index (χ0) is 16.0. The standard InChI is InChI=1S/C17H26ClNO2/c1-11(2)14(12(3)4)10-19-17(20)13(5)21-16-9-7-6-8-15(16)18/h6-9,11-14H,10H2,1-5H3,(H,19,20). The first kappa shape index (κ1) is 17.8. The minimum absolute atomic E-state index is 0.110. The lowest BCUT2D eigenvalue weighted by molar-refractivity contribution is -0.127. The minimum Gasteiger partial charge on any atom is -0.479 e. The predicted octanol–water partition coefficient (Wildman–Crippen LogP) is 4.15. The van der Waals surface area contributed by atoms with Crippen molar-refractivity contribution in [3.05, 3.63) is 29.3 Å². The Bertz CT molecular complexity index is 452. The molecule has 1 unspecified atom stereocenters. The number of rotatable bonds is 7. The summed E-state index contributed by atoms with van der Waals surface area (Å²) in [5.41, 5.74) is 0. The number of amides is 1. The van der Waals surface area contributed by atoms with Crippen molar-refractivity contribution < 1.29 is 9.53 Å². The van der Waals surface area contributed by atoms with Gasteiger partial charge in [0, 0.05) is 6.54 Å². The molecule has 1 aromatic carbocycles. The first-order valence-electron chi connectivity index (χ1n) is 7.51. The molecule has 1 rings (SSSR count). The Morgan fingerprint density at radius 3 is 2.24 bits per heavy atom. The number of halogens is 1. The fraction of sp³-hybridized carbons (Fsp3) is 0.588. The fourth-order valence-corrected chi connectivity index (χ4v) is 2.57. The van der Waals surface area contributed by atoms with Gasteiger partial charge in [0.15, 0.2) is 6.10 Å². The summed E-state index contributed by atoms with van der Waals surface area (Å²) in [4.78, 5) is 12.1. The number of carbonyl (C=O) groups is 1. The predicted molar refractivity (Wildman–Crippen MR) is 87.7 cm³/mol. The summed E-state index contributed by atoms with van der Waals surface area (Å²) < 4.78 is 5.62. The summed E-state index contributed by atoms with van der Waals surface area (Å²) in [6.07, 6.45) is -0.565. The second kappa shape index (κ2) is 8.28. The molecule has 0 aromatic heterocycles. The maximum Gasteiger partial charge on any atom is 0.260 e. The van der Waals surface area contributed by atoms with Crippen molar-refractivity contribution in [3.63, 3.8) is 0 Å². The molecule has 1 amide bonds. The number of ether oxygens (including phenoxy) is 1. The van der Waals surface area contributed by atoms with Crippen LogP contribution in [0.15, 0.2) is 24.3 Å². The highest BCUT2D eigenvalue weighted by atomic mass is 35.5. The van der Waals surface area contributed by atoms with Gasteiger partial charge in [-0.2, -0.15) is 0 Å². The van der Waals surface area contributed by atoms with E-state index in [1.54, 1.807) is 19.1 Å². The van der Waals surface area contributed by atoms with Gasteiger partial charge in [-0.3, -0.25) is 4.79 Å². The number of hydrogen-bond acceptors (Lipinski definition) is 2. The van der Waals surface area contributed by atoms with Crippen molar-refractivity contribution in [3.8, 4) is 5.75 Å². The molecular formula is C17H26ClNO2. The number of nitrogens with one attached hydrogen (secondary N) is 1. The van der Waals surface area contributed by atoms with Gasteiger partial charge in [-0.05, 0) is 36.8 Å². The van der Waals surface area contributed by atoms with E-state index in [4.69, 9.17) is 16.3 Å². The van der Waals surface area contributed by atoms with Gasteiger partial charge in [-0.25, -0.2) is 0 Å². The van der Waals surface area contributed by atoms with Gasteiger partial charge in [0.05, 0.1) is 5.02 Å². The maximum atomic E-state index is 12.1. The van der Waals surface area contributed by atoms with Crippen LogP contribution in [-0.4, -0.2) is 18.6 Å². The lowest BCUT2D eigenvalue weighted by Crippen LogP contribution is -2.40. The van der Waals surface area contributed by atoms with Crippen molar-refractivity contribution in [1.29, 1.82) is 0 Å². The first-order valence-corrected chi connectivity index (χ1v) is 7.89. The first-order chi connectivity index (χ1) is 9.82. The number of benzene rings is 1. The smallest absolute Gasteiger partial charge is 0.260 e. The molecule has 0 aliphatic carbocycles. The van der Waals surface area contributed by atoms with E-state index in [1.807, 2.05) is 12.1 Å². The number of hydrogen-bond donors (Lipinski definition) is 1. The van der Waals surface area contributed by atoms with Crippen LogP contribution in [0.4, 0.5) is 0 Å². The molecule has 0 bridgehead atoms. The average molecular weight is 312 g/mol.